The zero-order valence-corrected chi connectivity index (χ0v) is 17.2. The number of nitrogens with zero attached hydrogens (tertiary/aromatic N) is 3. The van der Waals surface area contributed by atoms with E-state index >= 15 is 0 Å². The van der Waals surface area contributed by atoms with Crippen molar-refractivity contribution in [2.45, 2.75) is 31.8 Å². The number of thiophene rings is 1. The second kappa shape index (κ2) is 9.15. The van der Waals surface area contributed by atoms with Crippen LogP contribution in [0.25, 0.3) is 0 Å². The Morgan fingerprint density at radius 3 is 2.62 bits per heavy atom. The first-order valence-electron chi connectivity index (χ1n) is 9.91. The molecule has 3 aromatic rings. The van der Waals surface area contributed by atoms with Crippen molar-refractivity contribution in [1.82, 2.24) is 15.3 Å². The zero-order valence-electron chi connectivity index (χ0n) is 16.4. The average Bonchev–Trinajstić information content (AvgIpc) is 3.31. The molecule has 1 amide bonds. The summed E-state index contributed by atoms with van der Waals surface area (Å²) in [6.07, 6.45) is 6.77. The molecule has 2 N–H and O–H groups in total. The van der Waals surface area contributed by atoms with Crippen molar-refractivity contribution in [2.75, 3.05) is 23.3 Å². The molecule has 29 heavy (non-hydrogen) atoms. The Labute approximate surface area is 175 Å². The second-order valence-electron chi connectivity index (χ2n) is 7.26. The summed E-state index contributed by atoms with van der Waals surface area (Å²) in [4.78, 5) is 23.9. The molecule has 0 bridgehead atoms. The summed E-state index contributed by atoms with van der Waals surface area (Å²) in [5.74, 6) is -0.252. The molecule has 0 saturated carbocycles. The molecule has 1 fully saturated rings. The summed E-state index contributed by atoms with van der Waals surface area (Å²) in [6.45, 7) is 4.30. The van der Waals surface area contributed by atoms with Gasteiger partial charge in [0.2, 0.25) is 0 Å². The molecule has 4 rings (SSSR count). The normalized spacial score (nSPS) is 15.8. The average molecular weight is 408 g/mol. The van der Waals surface area contributed by atoms with E-state index in [1.807, 2.05) is 23.5 Å². The van der Waals surface area contributed by atoms with Gasteiger partial charge in [-0.05, 0) is 55.5 Å². The van der Waals surface area contributed by atoms with Crippen LogP contribution in [-0.2, 0) is 0 Å². The first-order chi connectivity index (χ1) is 14.2. The standard InChI is InChI=1S/C22H25N5OS/c1-16(21-3-2-14-29-21)25-18-8-12-27(13-9-18)19-6-4-17(5-7-19)26-22(28)20-15-23-10-11-24-20/h2-7,10-11,14-16,18,25H,8-9,12-13H2,1H3,(H,26,28)/t16-/m0/s1. The predicted octanol–water partition coefficient (Wildman–Crippen LogP) is 4.11. The topological polar surface area (TPSA) is 70.2 Å². The number of amides is 1. The summed E-state index contributed by atoms with van der Waals surface area (Å²) in [6, 6.07) is 13.3. The van der Waals surface area contributed by atoms with E-state index in [9.17, 15) is 4.79 Å². The highest BCUT2D eigenvalue weighted by atomic mass is 32.1. The highest BCUT2D eigenvalue weighted by Crippen LogP contribution is 2.25. The summed E-state index contributed by atoms with van der Waals surface area (Å²) >= 11 is 1.81. The maximum Gasteiger partial charge on any atom is 0.275 e. The van der Waals surface area contributed by atoms with E-state index in [2.05, 4.69) is 62.1 Å². The van der Waals surface area contributed by atoms with Gasteiger partial charge < -0.3 is 15.5 Å². The van der Waals surface area contributed by atoms with E-state index in [1.54, 1.807) is 6.20 Å². The van der Waals surface area contributed by atoms with Gasteiger partial charge in [0, 0.05) is 53.8 Å². The number of benzene rings is 1. The van der Waals surface area contributed by atoms with Gasteiger partial charge in [-0.25, -0.2) is 4.98 Å². The number of piperidine rings is 1. The fourth-order valence-corrected chi connectivity index (χ4v) is 4.39. The molecule has 0 spiro atoms. The van der Waals surface area contributed by atoms with Crippen molar-refractivity contribution < 1.29 is 4.79 Å². The number of hydrogen-bond acceptors (Lipinski definition) is 6. The minimum Gasteiger partial charge on any atom is -0.371 e. The Morgan fingerprint density at radius 1 is 1.17 bits per heavy atom. The van der Waals surface area contributed by atoms with Crippen molar-refractivity contribution in [3.05, 3.63) is 70.9 Å². The Hall–Kier alpha value is -2.77. The Kier molecular flexibility index (Phi) is 6.17. The molecule has 1 aliphatic rings. The maximum absolute atomic E-state index is 12.2. The monoisotopic (exact) mass is 407 g/mol. The quantitative estimate of drug-likeness (QED) is 0.643. The third kappa shape index (κ3) is 4.99. The van der Waals surface area contributed by atoms with E-state index in [0.717, 1.165) is 31.6 Å². The highest BCUT2D eigenvalue weighted by Gasteiger charge is 2.21. The van der Waals surface area contributed by atoms with Crippen molar-refractivity contribution >= 4 is 28.6 Å². The van der Waals surface area contributed by atoms with Gasteiger partial charge in [0.25, 0.3) is 5.91 Å². The maximum atomic E-state index is 12.2. The molecule has 1 atom stereocenters. The Morgan fingerprint density at radius 2 is 1.97 bits per heavy atom. The fraction of sp³-hybridized carbons (Fsp3) is 0.318. The van der Waals surface area contributed by atoms with Crippen LogP contribution >= 0.6 is 11.3 Å². The van der Waals surface area contributed by atoms with Crippen LogP contribution < -0.4 is 15.5 Å². The van der Waals surface area contributed by atoms with Crippen LogP contribution in [0.5, 0.6) is 0 Å². The van der Waals surface area contributed by atoms with Crippen LogP contribution in [-0.4, -0.2) is 35.0 Å². The minimum absolute atomic E-state index is 0.252. The van der Waals surface area contributed by atoms with Crippen LogP contribution in [0.2, 0.25) is 0 Å². The number of nitrogens with one attached hydrogen (secondary N) is 2. The largest absolute Gasteiger partial charge is 0.371 e. The minimum atomic E-state index is -0.252. The van der Waals surface area contributed by atoms with Crippen molar-refractivity contribution in [3.8, 4) is 0 Å². The first kappa shape index (κ1) is 19.5. The van der Waals surface area contributed by atoms with Gasteiger partial charge in [0.15, 0.2) is 0 Å². The molecule has 7 heteroatoms. The Bertz CT molecular complexity index is 906. The van der Waals surface area contributed by atoms with Gasteiger partial charge in [-0.15, -0.1) is 11.3 Å². The molecule has 6 nitrogen and oxygen atoms in total. The van der Waals surface area contributed by atoms with Crippen LogP contribution in [0.1, 0.15) is 41.2 Å². The van der Waals surface area contributed by atoms with Crippen molar-refractivity contribution in [3.63, 3.8) is 0 Å². The summed E-state index contributed by atoms with van der Waals surface area (Å²) in [5, 5.41) is 8.76. The lowest BCUT2D eigenvalue weighted by Gasteiger charge is -2.35. The lowest BCUT2D eigenvalue weighted by Crippen LogP contribution is -2.43. The number of carbonyl (C=O) groups excluding carboxylic acids is 1. The van der Waals surface area contributed by atoms with Gasteiger partial charge in [-0.3, -0.25) is 9.78 Å². The molecule has 2 aromatic heterocycles. The third-order valence-electron chi connectivity index (χ3n) is 5.24. The Balaban J connectivity index is 1.28. The van der Waals surface area contributed by atoms with Gasteiger partial charge in [-0.2, -0.15) is 0 Å². The second-order valence-corrected chi connectivity index (χ2v) is 8.24. The molecular weight excluding hydrogens is 382 g/mol. The molecule has 1 saturated heterocycles. The predicted molar refractivity (Wildman–Crippen MR) is 118 cm³/mol. The summed E-state index contributed by atoms with van der Waals surface area (Å²) in [7, 11) is 0. The summed E-state index contributed by atoms with van der Waals surface area (Å²) < 4.78 is 0. The van der Waals surface area contributed by atoms with E-state index in [-0.39, 0.29) is 5.91 Å². The highest BCUT2D eigenvalue weighted by molar-refractivity contribution is 7.10. The van der Waals surface area contributed by atoms with Gasteiger partial charge in [0.1, 0.15) is 5.69 Å². The van der Waals surface area contributed by atoms with Crippen LogP contribution in [0.15, 0.2) is 60.4 Å². The van der Waals surface area contributed by atoms with Gasteiger partial charge in [-0.1, -0.05) is 6.07 Å². The SMILES string of the molecule is C[C@H](NC1CCN(c2ccc(NC(=O)c3cnccn3)cc2)CC1)c1cccs1. The van der Waals surface area contributed by atoms with E-state index < -0.39 is 0 Å². The van der Waals surface area contributed by atoms with Crippen molar-refractivity contribution in [1.29, 1.82) is 0 Å². The summed E-state index contributed by atoms with van der Waals surface area (Å²) in [5.41, 5.74) is 2.25. The van der Waals surface area contributed by atoms with Crippen LogP contribution in [0.4, 0.5) is 11.4 Å². The molecule has 0 unspecified atom stereocenters. The molecule has 1 aliphatic heterocycles. The third-order valence-corrected chi connectivity index (χ3v) is 6.29. The van der Waals surface area contributed by atoms with Crippen LogP contribution in [0.3, 0.4) is 0 Å². The van der Waals surface area contributed by atoms with E-state index in [0.29, 0.717) is 17.8 Å². The van der Waals surface area contributed by atoms with Crippen molar-refractivity contribution in [2.24, 2.45) is 0 Å². The first-order valence-corrected chi connectivity index (χ1v) is 10.8. The van der Waals surface area contributed by atoms with E-state index in [1.165, 1.54) is 23.0 Å². The number of anilines is 2. The van der Waals surface area contributed by atoms with Gasteiger partial charge >= 0.3 is 0 Å². The lowest BCUT2D eigenvalue weighted by atomic mass is 10.0. The smallest absolute Gasteiger partial charge is 0.275 e. The molecule has 3 heterocycles. The molecular formula is C22H25N5OS. The molecule has 1 aromatic carbocycles. The molecule has 150 valence electrons. The van der Waals surface area contributed by atoms with Gasteiger partial charge in [0.05, 0.1) is 6.20 Å². The molecule has 0 radical (unpaired) electrons. The van der Waals surface area contributed by atoms with Crippen LogP contribution in [0, 0.1) is 0 Å². The molecule has 0 aliphatic carbocycles. The fourth-order valence-electron chi connectivity index (χ4n) is 3.64. The number of hydrogen-bond donors (Lipinski definition) is 2. The zero-order chi connectivity index (χ0) is 20.1. The number of rotatable bonds is 6. The number of carbonyl (C=O) groups is 1. The van der Waals surface area contributed by atoms with E-state index in [4.69, 9.17) is 0 Å². The lowest BCUT2D eigenvalue weighted by molar-refractivity contribution is 0.102. The number of aromatic nitrogens is 2.